The number of nitrogens with zero attached hydrogens (tertiary/aromatic N) is 4. The number of imidazole rings is 1. The molecule has 0 radical (unpaired) electrons. The number of carbonyl (C=O) groups is 1. The van der Waals surface area contributed by atoms with Crippen LogP contribution in [-0.4, -0.2) is 50.8 Å². The first-order valence-corrected chi connectivity index (χ1v) is 9.12. The summed E-state index contributed by atoms with van der Waals surface area (Å²) in [6, 6.07) is 8.32. The second-order valence-electron chi connectivity index (χ2n) is 7.06. The molecule has 7 heteroatoms. The molecule has 0 bridgehead atoms. The fourth-order valence-corrected chi connectivity index (χ4v) is 3.69. The number of likely N-dealkylation sites (tertiary alicyclic amines) is 1. The lowest BCUT2D eigenvalue weighted by atomic mass is 10.2. The van der Waals surface area contributed by atoms with Crippen molar-refractivity contribution in [3.8, 4) is 0 Å². The molecular weight excluding hydrogens is 345 g/mol. The largest absolute Gasteiger partial charge is 0.340 e. The lowest BCUT2D eigenvalue weighted by Gasteiger charge is -2.26. The minimum atomic E-state index is -0.296. The Morgan fingerprint density at radius 1 is 1.33 bits per heavy atom. The average molecular weight is 367 g/mol. The van der Waals surface area contributed by atoms with Crippen LogP contribution in [0.1, 0.15) is 30.3 Å². The van der Waals surface area contributed by atoms with Crippen molar-refractivity contribution in [2.24, 2.45) is 0 Å². The fourth-order valence-electron chi connectivity index (χ4n) is 3.69. The molecule has 1 aromatic carbocycles. The summed E-state index contributed by atoms with van der Waals surface area (Å²) in [6.07, 6.45) is 5.32. The number of pyridine rings is 1. The number of carbonyl (C=O) groups excluding carboxylic acids is 1. The zero-order valence-electron chi connectivity index (χ0n) is 15.2. The van der Waals surface area contributed by atoms with Gasteiger partial charge in [-0.15, -0.1) is 0 Å². The van der Waals surface area contributed by atoms with Crippen LogP contribution in [0.5, 0.6) is 0 Å². The highest BCUT2D eigenvalue weighted by Crippen LogP contribution is 2.31. The van der Waals surface area contributed by atoms with Crippen molar-refractivity contribution < 1.29 is 9.18 Å². The van der Waals surface area contributed by atoms with E-state index in [2.05, 4.69) is 15.0 Å². The molecule has 1 saturated heterocycles. The number of halogens is 1. The molecule has 1 amide bonds. The molecule has 1 aliphatic heterocycles. The molecule has 2 aromatic heterocycles. The molecule has 1 atom stereocenters. The molecular formula is C20H22FN5O. The van der Waals surface area contributed by atoms with Gasteiger partial charge in [-0.1, -0.05) is 0 Å². The molecule has 1 fully saturated rings. The van der Waals surface area contributed by atoms with Crippen molar-refractivity contribution in [2.45, 2.75) is 25.4 Å². The van der Waals surface area contributed by atoms with Gasteiger partial charge in [0.2, 0.25) is 5.91 Å². The van der Waals surface area contributed by atoms with Crippen LogP contribution in [0.15, 0.2) is 42.7 Å². The highest BCUT2D eigenvalue weighted by Gasteiger charge is 2.32. The van der Waals surface area contributed by atoms with Gasteiger partial charge < -0.3 is 9.88 Å². The summed E-state index contributed by atoms with van der Waals surface area (Å²) in [4.78, 5) is 28.5. The Kier molecular flexibility index (Phi) is 4.85. The quantitative estimate of drug-likeness (QED) is 0.753. The summed E-state index contributed by atoms with van der Waals surface area (Å²) >= 11 is 0. The van der Waals surface area contributed by atoms with E-state index in [1.165, 1.54) is 12.1 Å². The number of amides is 1. The minimum Gasteiger partial charge on any atom is -0.340 e. The molecule has 0 unspecified atom stereocenters. The third kappa shape index (κ3) is 3.83. The van der Waals surface area contributed by atoms with Crippen molar-refractivity contribution in [1.82, 2.24) is 24.8 Å². The SMILES string of the molecule is CN(CC(=O)N1CCC[C@H]1c1nc2ccc(F)cc2[nH]1)Cc1ccncc1. The zero-order valence-corrected chi connectivity index (χ0v) is 15.2. The van der Waals surface area contributed by atoms with E-state index < -0.39 is 0 Å². The summed E-state index contributed by atoms with van der Waals surface area (Å²) < 4.78 is 13.4. The molecule has 0 aliphatic carbocycles. The van der Waals surface area contributed by atoms with Crippen LogP contribution in [-0.2, 0) is 11.3 Å². The third-order valence-corrected chi connectivity index (χ3v) is 4.96. The van der Waals surface area contributed by atoms with Crippen molar-refractivity contribution in [2.75, 3.05) is 20.1 Å². The van der Waals surface area contributed by atoms with Crippen LogP contribution in [0.25, 0.3) is 11.0 Å². The molecule has 4 rings (SSSR count). The summed E-state index contributed by atoms with van der Waals surface area (Å²) in [6.45, 7) is 1.75. The van der Waals surface area contributed by atoms with Gasteiger partial charge in [-0.3, -0.25) is 14.7 Å². The monoisotopic (exact) mass is 367 g/mol. The van der Waals surface area contributed by atoms with Crippen LogP contribution >= 0.6 is 0 Å². The molecule has 27 heavy (non-hydrogen) atoms. The minimum absolute atomic E-state index is 0.0812. The van der Waals surface area contributed by atoms with E-state index in [9.17, 15) is 9.18 Å². The maximum atomic E-state index is 13.4. The van der Waals surface area contributed by atoms with Crippen LogP contribution < -0.4 is 0 Å². The number of H-pyrrole nitrogens is 1. The summed E-state index contributed by atoms with van der Waals surface area (Å²) in [5.41, 5.74) is 2.51. The van der Waals surface area contributed by atoms with Crippen LogP contribution in [0, 0.1) is 5.82 Å². The van der Waals surface area contributed by atoms with Gasteiger partial charge >= 0.3 is 0 Å². The van der Waals surface area contributed by atoms with Crippen LogP contribution in [0.2, 0.25) is 0 Å². The van der Waals surface area contributed by atoms with E-state index in [1.807, 2.05) is 29.0 Å². The van der Waals surface area contributed by atoms with Gasteiger partial charge in [-0.2, -0.15) is 0 Å². The Balaban J connectivity index is 1.46. The Labute approximate surface area is 157 Å². The van der Waals surface area contributed by atoms with Gasteiger partial charge in [0.15, 0.2) is 0 Å². The summed E-state index contributed by atoms with van der Waals surface area (Å²) in [7, 11) is 1.94. The van der Waals surface area contributed by atoms with Crippen molar-refractivity contribution in [3.05, 3.63) is 59.9 Å². The van der Waals surface area contributed by atoms with Crippen molar-refractivity contribution in [3.63, 3.8) is 0 Å². The van der Waals surface area contributed by atoms with E-state index >= 15 is 0 Å². The molecule has 6 nitrogen and oxygen atoms in total. The Bertz CT molecular complexity index is 942. The number of aromatic nitrogens is 3. The number of fused-ring (bicyclic) bond motifs is 1. The fraction of sp³-hybridized carbons (Fsp3) is 0.350. The van der Waals surface area contributed by atoms with Crippen LogP contribution in [0.4, 0.5) is 4.39 Å². The second-order valence-corrected chi connectivity index (χ2v) is 7.06. The maximum absolute atomic E-state index is 13.4. The Morgan fingerprint density at radius 2 is 2.15 bits per heavy atom. The number of hydrogen-bond donors (Lipinski definition) is 1. The molecule has 1 aliphatic rings. The first-order valence-electron chi connectivity index (χ1n) is 9.12. The van der Waals surface area contributed by atoms with Gasteiger partial charge in [0, 0.05) is 25.5 Å². The topological polar surface area (TPSA) is 65.1 Å². The highest BCUT2D eigenvalue weighted by molar-refractivity contribution is 5.79. The number of nitrogens with one attached hydrogen (secondary N) is 1. The third-order valence-electron chi connectivity index (χ3n) is 4.96. The van der Waals surface area contributed by atoms with Gasteiger partial charge in [-0.05, 0) is 55.8 Å². The van der Waals surface area contributed by atoms with E-state index in [4.69, 9.17) is 0 Å². The standard InChI is InChI=1S/C20H22FN5O/c1-25(12-14-6-8-22-9-7-14)13-19(27)26-10-2-3-18(26)20-23-16-5-4-15(21)11-17(16)24-20/h4-9,11,18H,2-3,10,12-13H2,1H3,(H,23,24)/t18-/m0/s1. The molecule has 3 aromatic rings. The van der Waals surface area contributed by atoms with Crippen LogP contribution in [0.3, 0.4) is 0 Å². The van der Waals surface area contributed by atoms with Gasteiger partial charge in [-0.25, -0.2) is 9.37 Å². The highest BCUT2D eigenvalue weighted by atomic mass is 19.1. The maximum Gasteiger partial charge on any atom is 0.237 e. The number of hydrogen-bond acceptors (Lipinski definition) is 4. The zero-order chi connectivity index (χ0) is 18.8. The van der Waals surface area contributed by atoms with Crippen molar-refractivity contribution in [1.29, 1.82) is 0 Å². The molecule has 0 spiro atoms. The second kappa shape index (κ2) is 7.44. The van der Waals surface area contributed by atoms with Crippen molar-refractivity contribution >= 4 is 16.9 Å². The van der Waals surface area contributed by atoms with Gasteiger partial charge in [0.1, 0.15) is 11.6 Å². The number of rotatable bonds is 5. The van der Waals surface area contributed by atoms with Gasteiger partial charge in [0.05, 0.1) is 23.6 Å². The van der Waals surface area contributed by atoms with E-state index in [1.54, 1.807) is 18.5 Å². The molecule has 1 N–H and O–H groups in total. The average Bonchev–Trinajstić information content (AvgIpc) is 3.28. The number of aromatic amines is 1. The Morgan fingerprint density at radius 3 is 2.96 bits per heavy atom. The number of benzene rings is 1. The lowest BCUT2D eigenvalue weighted by molar-refractivity contribution is -0.133. The Hall–Kier alpha value is -2.80. The predicted molar refractivity (Wildman–Crippen MR) is 100 cm³/mol. The summed E-state index contributed by atoms with van der Waals surface area (Å²) in [5, 5.41) is 0. The molecule has 140 valence electrons. The predicted octanol–water partition coefficient (Wildman–Crippen LogP) is 2.89. The van der Waals surface area contributed by atoms with E-state index in [0.717, 1.165) is 36.3 Å². The van der Waals surface area contributed by atoms with E-state index in [-0.39, 0.29) is 17.8 Å². The normalized spacial score (nSPS) is 17.1. The van der Waals surface area contributed by atoms with E-state index in [0.29, 0.717) is 18.6 Å². The lowest BCUT2D eigenvalue weighted by Crippen LogP contribution is -2.38. The first-order chi connectivity index (χ1) is 13.1. The smallest absolute Gasteiger partial charge is 0.237 e. The molecule has 3 heterocycles. The number of likely N-dealkylation sites (N-methyl/N-ethyl adjacent to an activating group) is 1. The molecule has 0 saturated carbocycles. The van der Waals surface area contributed by atoms with Gasteiger partial charge in [0.25, 0.3) is 0 Å². The first kappa shape index (κ1) is 17.6. The summed E-state index contributed by atoms with van der Waals surface area (Å²) in [5.74, 6) is 0.522.